The van der Waals surface area contributed by atoms with Crippen molar-refractivity contribution in [3.63, 3.8) is 0 Å². The van der Waals surface area contributed by atoms with Gasteiger partial charge in [0.25, 0.3) is 0 Å². The number of nitrogens with zero attached hydrogens (tertiary/aromatic N) is 2. The van der Waals surface area contributed by atoms with E-state index in [1.54, 1.807) is 12.1 Å². The van der Waals surface area contributed by atoms with Crippen molar-refractivity contribution in [1.29, 1.82) is 0 Å². The van der Waals surface area contributed by atoms with Crippen LogP contribution in [0.3, 0.4) is 0 Å². The highest BCUT2D eigenvalue weighted by atomic mass is 127. The molecule has 21 heavy (non-hydrogen) atoms. The van der Waals surface area contributed by atoms with E-state index in [4.69, 9.17) is 0 Å². The van der Waals surface area contributed by atoms with Gasteiger partial charge in [0.1, 0.15) is 17.1 Å². The van der Waals surface area contributed by atoms with E-state index in [1.807, 2.05) is 18.2 Å². The highest BCUT2D eigenvalue weighted by Crippen LogP contribution is 2.42. The number of halogens is 2. The summed E-state index contributed by atoms with van der Waals surface area (Å²) in [7, 11) is 0. The summed E-state index contributed by atoms with van der Waals surface area (Å²) >= 11 is 2.08. The molecule has 106 valence electrons. The molecule has 1 aliphatic carbocycles. The Morgan fingerprint density at radius 3 is 2.76 bits per heavy atom. The van der Waals surface area contributed by atoms with Gasteiger partial charge in [-0.15, -0.1) is 0 Å². The number of benzene rings is 2. The van der Waals surface area contributed by atoms with E-state index in [9.17, 15) is 9.50 Å². The molecule has 3 nitrogen and oxygen atoms in total. The van der Waals surface area contributed by atoms with E-state index < -0.39 is 0 Å². The zero-order chi connectivity index (χ0) is 14.6. The van der Waals surface area contributed by atoms with Crippen molar-refractivity contribution in [3.05, 3.63) is 45.8 Å². The molecule has 0 unspecified atom stereocenters. The van der Waals surface area contributed by atoms with Crippen molar-refractivity contribution in [1.82, 2.24) is 9.55 Å². The standard InChI is InChI=1S/C16H12FIN2O/c17-11-2-1-3-13-15(11)19-16(20(13)10-5-6-10)9-4-7-12(18)14(21)8-9/h1-4,7-8,10,21H,5-6H2. The van der Waals surface area contributed by atoms with E-state index in [-0.39, 0.29) is 11.6 Å². The maximum atomic E-state index is 14.0. The maximum absolute atomic E-state index is 14.0. The van der Waals surface area contributed by atoms with Crippen LogP contribution in [0.15, 0.2) is 36.4 Å². The Labute approximate surface area is 134 Å². The van der Waals surface area contributed by atoms with Crippen LogP contribution in [-0.2, 0) is 0 Å². The molecule has 1 saturated carbocycles. The molecular formula is C16H12FIN2O. The quantitative estimate of drug-likeness (QED) is 0.651. The van der Waals surface area contributed by atoms with Gasteiger partial charge in [0, 0.05) is 11.6 Å². The smallest absolute Gasteiger partial charge is 0.151 e. The van der Waals surface area contributed by atoms with Gasteiger partial charge >= 0.3 is 0 Å². The molecule has 1 N–H and O–H groups in total. The average molecular weight is 394 g/mol. The van der Waals surface area contributed by atoms with Crippen molar-refractivity contribution in [3.8, 4) is 17.1 Å². The van der Waals surface area contributed by atoms with Gasteiger partial charge in [-0.3, -0.25) is 0 Å². The second kappa shape index (κ2) is 4.69. The first-order valence-corrected chi connectivity index (χ1v) is 7.88. The monoisotopic (exact) mass is 394 g/mol. The molecule has 1 aliphatic rings. The summed E-state index contributed by atoms with van der Waals surface area (Å²) < 4.78 is 16.9. The number of aromatic hydroxyl groups is 1. The Morgan fingerprint density at radius 1 is 1.24 bits per heavy atom. The largest absolute Gasteiger partial charge is 0.507 e. The summed E-state index contributed by atoms with van der Waals surface area (Å²) in [5.41, 5.74) is 2.04. The molecule has 0 spiro atoms. The maximum Gasteiger partial charge on any atom is 0.151 e. The Kier molecular flexibility index (Phi) is 2.92. The van der Waals surface area contributed by atoms with Crippen LogP contribution < -0.4 is 0 Å². The van der Waals surface area contributed by atoms with Crippen molar-refractivity contribution in [2.24, 2.45) is 0 Å². The second-order valence-electron chi connectivity index (χ2n) is 5.31. The number of aromatic nitrogens is 2. The van der Waals surface area contributed by atoms with Crippen molar-refractivity contribution < 1.29 is 9.50 Å². The van der Waals surface area contributed by atoms with E-state index in [2.05, 4.69) is 32.1 Å². The summed E-state index contributed by atoms with van der Waals surface area (Å²) in [6, 6.07) is 10.9. The number of rotatable bonds is 2. The van der Waals surface area contributed by atoms with Crippen LogP contribution in [0.1, 0.15) is 18.9 Å². The highest BCUT2D eigenvalue weighted by molar-refractivity contribution is 14.1. The summed E-state index contributed by atoms with van der Waals surface area (Å²) in [5.74, 6) is 0.648. The van der Waals surface area contributed by atoms with Crippen LogP contribution in [0.25, 0.3) is 22.4 Å². The lowest BCUT2D eigenvalue weighted by atomic mass is 10.2. The van der Waals surface area contributed by atoms with Crippen molar-refractivity contribution in [2.45, 2.75) is 18.9 Å². The number of hydrogen-bond acceptors (Lipinski definition) is 2. The molecule has 0 atom stereocenters. The molecule has 4 rings (SSSR count). The number of fused-ring (bicyclic) bond motifs is 1. The Balaban J connectivity index is 2.01. The predicted molar refractivity (Wildman–Crippen MR) is 87.8 cm³/mol. The molecule has 0 aliphatic heterocycles. The molecule has 1 heterocycles. The number of phenols is 1. The number of hydrogen-bond donors (Lipinski definition) is 1. The fourth-order valence-corrected chi connectivity index (χ4v) is 2.98. The van der Waals surface area contributed by atoms with E-state index in [0.29, 0.717) is 11.6 Å². The van der Waals surface area contributed by atoms with Crippen LogP contribution in [0, 0.1) is 9.39 Å². The molecule has 5 heteroatoms. The third-order valence-corrected chi connectivity index (χ3v) is 4.70. The lowest BCUT2D eigenvalue weighted by molar-refractivity contribution is 0.471. The number of para-hydroxylation sites is 1. The van der Waals surface area contributed by atoms with Gasteiger partial charge in [0.05, 0.1) is 9.09 Å². The highest BCUT2D eigenvalue weighted by Gasteiger charge is 2.29. The van der Waals surface area contributed by atoms with E-state index in [1.165, 1.54) is 6.07 Å². The summed E-state index contributed by atoms with van der Waals surface area (Å²) in [6.07, 6.45) is 2.18. The lowest BCUT2D eigenvalue weighted by Gasteiger charge is -2.08. The molecule has 0 radical (unpaired) electrons. The van der Waals surface area contributed by atoms with Crippen LogP contribution >= 0.6 is 22.6 Å². The first kappa shape index (κ1) is 13.1. The topological polar surface area (TPSA) is 38.1 Å². The zero-order valence-electron chi connectivity index (χ0n) is 11.1. The van der Waals surface area contributed by atoms with Crippen molar-refractivity contribution in [2.75, 3.05) is 0 Å². The average Bonchev–Trinajstić information content (AvgIpc) is 3.22. The molecular weight excluding hydrogens is 382 g/mol. The van der Waals surface area contributed by atoms with Crippen LogP contribution in [0.2, 0.25) is 0 Å². The minimum Gasteiger partial charge on any atom is -0.507 e. The van der Waals surface area contributed by atoms with E-state index in [0.717, 1.165) is 33.3 Å². The number of imidazole rings is 1. The second-order valence-corrected chi connectivity index (χ2v) is 6.47. The van der Waals surface area contributed by atoms with Crippen LogP contribution in [-0.4, -0.2) is 14.7 Å². The fraction of sp³-hybridized carbons (Fsp3) is 0.188. The first-order chi connectivity index (χ1) is 10.1. The van der Waals surface area contributed by atoms with Gasteiger partial charge in [0.15, 0.2) is 5.82 Å². The van der Waals surface area contributed by atoms with Gasteiger partial charge in [-0.1, -0.05) is 6.07 Å². The third-order valence-electron chi connectivity index (χ3n) is 3.79. The molecule has 1 fully saturated rings. The summed E-state index contributed by atoms with van der Waals surface area (Å²) in [5, 5.41) is 9.92. The normalized spacial score (nSPS) is 14.8. The Morgan fingerprint density at radius 2 is 2.05 bits per heavy atom. The van der Waals surface area contributed by atoms with Gasteiger partial charge in [0.2, 0.25) is 0 Å². The predicted octanol–water partition coefficient (Wildman–Crippen LogP) is 4.49. The lowest BCUT2D eigenvalue weighted by Crippen LogP contribution is -1.97. The Bertz CT molecular complexity index is 855. The zero-order valence-corrected chi connectivity index (χ0v) is 13.2. The molecule has 0 bridgehead atoms. The summed E-state index contributed by atoms with van der Waals surface area (Å²) in [6.45, 7) is 0. The first-order valence-electron chi connectivity index (χ1n) is 6.80. The SMILES string of the molecule is Oc1cc(-c2nc3c(F)cccc3n2C2CC2)ccc1I. The summed E-state index contributed by atoms with van der Waals surface area (Å²) in [4.78, 5) is 4.49. The fourth-order valence-electron chi connectivity index (χ4n) is 2.64. The molecule has 2 aromatic carbocycles. The van der Waals surface area contributed by atoms with Gasteiger partial charge < -0.3 is 9.67 Å². The number of phenolic OH excluding ortho intramolecular Hbond substituents is 1. The van der Waals surface area contributed by atoms with Gasteiger partial charge in [-0.05, 0) is 65.8 Å². The third kappa shape index (κ3) is 2.10. The minimum atomic E-state index is -0.303. The molecule has 1 aromatic heterocycles. The minimum absolute atomic E-state index is 0.225. The van der Waals surface area contributed by atoms with Crippen LogP contribution in [0.4, 0.5) is 4.39 Å². The van der Waals surface area contributed by atoms with Crippen LogP contribution in [0.5, 0.6) is 5.75 Å². The molecule has 3 aromatic rings. The Hall–Kier alpha value is -1.63. The molecule has 0 saturated heterocycles. The molecule has 0 amide bonds. The van der Waals surface area contributed by atoms with E-state index >= 15 is 0 Å². The van der Waals surface area contributed by atoms with Gasteiger partial charge in [-0.2, -0.15) is 0 Å². The van der Waals surface area contributed by atoms with Crippen molar-refractivity contribution >= 4 is 33.6 Å². The van der Waals surface area contributed by atoms with Gasteiger partial charge in [-0.25, -0.2) is 9.37 Å².